The molecule has 96 valence electrons. The topological polar surface area (TPSA) is 66.5 Å². The Labute approximate surface area is 105 Å². The van der Waals surface area contributed by atoms with E-state index in [2.05, 4.69) is 20.0 Å². The molecule has 0 radical (unpaired) electrons. The van der Waals surface area contributed by atoms with E-state index in [1.807, 2.05) is 26.8 Å². The summed E-state index contributed by atoms with van der Waals surface area (Å²) in [7, 11) is 0. The van der Waals surface area contributed by atoms with Crippen molar-refractivity contribution in [2.24, 2.45) is 5.92 Å². The van der Waals surface area contributed by atoms with E-state index in [4.69, 9.17) is 0 Å². The molecule has 0 amide bonds. The van der Waals surface area contributed by atoms with Gasteiger partial charge in [-0.2, -0.15) is 14.6 Å². The molecule has 1 saturated heterocycles. The Morgan fingerprint density at radius 3 is 2.78 bits per heavy atom. The molecule has 6 nitrogen and oxygen atoms in total. The first-order valence-electron chi connectivity index (χ1n) is 6.14. The minimum absolute atomic E-state index is 0.253. The summed E-state index contributed by atoms with van der Waals surface area (Å²) in [5.41, 5.74) is 0.315. The zero-order valence-electron chi connectivity index (χ0n) is 10.8. The third-order valence-corrected chi connectivity index (χ3v) is 3.69. The molecule has 0 atom stereocenters. The van der Waals surface area contributed by atoms with Crippen LogP contribution in [-0.2, 0) is 0 Å². The fraction of sp³-hybridized carbons (Fsp3) is 0.583. The number of aromatic nitrogens is 4. The molecule has 0 saturated carbocycles. The molecule has 1 aliphatic rings. The minimum Gasteiger partial charge on any atom is -0.386 e. The molecule has 0 aliphatic carbocycles. The standard InChI is InChI=1S/C12H17N5O/c1-8(2)12(18)5-16(6-12)10-4-9(3)15-11-13-7-14-17(10)11/h4,7-8,18H,5-6H2,1-3H3. The van der Waals surface area contributed by atoms with Gasteiger partial charge in [0, 0.05) is 11.8 Å². The molecule has 1 N–H and O–H groups in total. The zero-order valence-corrected chi connectivity index (χ0v) is 10.8. The molecule has 3 rings (SSSR count). The number of aliphatic hydroxyl groups is 1. The van der Waals surface area contributed by atoms with Gasteiger partial charge in [0.2, 0.25) is 0 Å². The van der Waals surface area contributed by atoms with Crippen LogP contribution in [0.3, 0.4) is 0 Å². The molecule has 0 spiro atoms. The highest BCUT2D eigenvalue weighted by molar-refractivity contribution is 5.50. The quantitative estimate of drug-likeness (QED) is 0.843. The fourth-order valence-corrected chi connectivity index (χ4v) is 2.28. The average molecular weight is 247 g/mol. The minimum atomic E-state index is -0.593. The van der Waals surface area contributed by atoms with Gasteiger partial charge in [0.25, 0.3) is 5.78 Å². The number of fused-ring (bicyclic) bond motifs is 1. The third-order valence-electron chi connectivity index (χ3n) is 3.69. The molecular formula is C12H17N5O. The molecular weight excluding hydrogens is 230 g/mol. The van der Waals surface area contributed by atoms with Gasteiger partial charge >= 0.3 is 0 Å². The number of hydrogen-bond acceptors (Lipinski definition) is 5. The first-order chi connectivity index (χ1) is 8.49. The zero-order chi connectivity index (χ0) is 12.9. The summed E-state index contributed by atoms with van der Waals surface area (Å²) in [6.07, 6.45) is 1.50. The van der Waals surface area contributed by atoms with Gasteiger partial charge in [-0.1, -0.05) is 13.8 Å². The molecule has 3 heterocycles. The van der Waals surface area contributed by atoms with Gasteiger partial charge in [-0.05, 0) is 12.8 Å². The van der Waals surface area contributed by atoms with E-state index in [0.717, 1.165) is 11.5 Å². The Bertz CT molecular complexity index is 585. The summed E-state index contributed by atoms with van der Waals surface area (Å²) in [5.74, 6) is 1.80. The number of rotatable bonds is 2. The highest BCUT2D eigenvalue weighted by Crippen LogP contribution is 2.32. The van der Waals surface area contributed by atoms with Gasteiger partial charge < -0.3 is 10.0 Å². The second kappa shape index (κ2) is 3.65. The number of aryl methyl sites for hydroxylation is 1. The summed E-state index contributed by atoms with van der Waals surface area (Å²) in [5, 5.41) is 14.5. The molecule has 6 heteroatoms. The predicted octanol–water partition coefficient (Wildman–Crippen LogP) is 0.640. The number of hydrogen-bond donors (Lipinski definition) is 1. The van der Waals surface area contributed by atoms with Crippen LogP contribution in [0.1, 0.15) is 19.5 Å². The highest BCUT2D eigenvalue weighted by atomic mass is 16.3. The van der Waals surface area contributed by atoms with Gasteiger partial charge in [-0.15, -0.1) is 0 Å². The smallest absolute Gasteiger partial charge is 0.254 e. The Morgan fingerprint density at radius 2 is 2.11 bits per heavy atom. The van der Waals surface area contributed by atoms with Crippen molar-refractivity contribution >= 4 is 11.6 Å². The Hall–Kier alpha value is -1.69. The molecule has 1 fully saturated rings. The molecule has 0 aromatic carbocycles. The van der Waals surface area contributed by atoms with Gasteiger partial charge in [-0.25, -0.2) is 4.98 Å². The lowest BCUT2D eigenvalue weighted by Crippen LogP contribution is -2.65. The van der Waals surface area contributed by atoms with E-state index in [9.17, 15) is 5.11 Å². The average Bonchev–Trinajstić information content (AvgIpc) is 2.71. The van der Waals surface area contributed by atoms with Gasteiger partial charge in [0.1, 0.15) is 17.7 Å². The first kappa shape index (κ1) is 11.4. The molecule has 18 heavy (non-hydrogen) atoms. The lowest BCUT2D eigenvalue weighted by molar-refractivity contribution is -0.0306. The summed E-state index contributed by atoms with van der Waals surface area (Å²) in [6.45, 7) is 7.28. The van der Waals surface area contributed by atoms with E-state index in [1.165, 1.54) is 6.33 Å². The van der Waals surface area contributed by atoms with Crippen molar-refractivity contribution in [1.82, 2.24) is 19.6 Å². The molecule has 0 unspecified atom stereocenters. The largest absolute Gasteiger partial charge is 0.386 e. The molecule has 0 bridgehead atoms. The van der Waals surface area contributed by atoms with Crippen molar-refractivity contribution in [2.45, 2.75) is 26.4 Å². The number of anilines is 1. The number of nitrogens with zero attached hydrogens (tertiary/aromatic N) is 5. The molecule has 1 aliphatic heterocycles. The summed E-state index contributed by atoms with van der Waals surface area (Å²) < 4.78 is 1.72. The SMILES string of the molecule is Cc1cc(N2CC(O)(C(C)C)C2)n2ncnc2n1. The maximum Gasteiger partial charge on any atom is 0.254 e. The van der Waals surface area contributed by atoms with E-state index < -0.39 is 5.60 Å². The molecule has 2 aromatic heterocycles. The van der Waals surface area contributed by atoms with E-state index >= 15 is 0 Å². The monoisotopic (exact) mass is 247 g/mol. The third kappa shape index (κ3) is 1.56. The summed E-state index contributed by atoms with van der Waals surface area (Å²) >= 11 is 0. The van der Waals surface area contributed by atoms with Crippen LogP contribution in [0.5, 0.6) is 0 Å². The van der Waals surface area contributed by atoms with Crippen LogP contribution in [0.25, 0.3) is 5.78 Å². The van der Waals surface area contributed by atoms with E-state index in [1.54, 1.807) is 4.52 Å². The van der Waals surface area contributed by atoms with Crippen molar-refractivity contribution < 1.29 is 5.11 Å². The van der Waals surface area contributed by atoms with Crippen LogP contribution < -0.4 is 4.90 Å². The normalized spacial score (nSPS) is 18.4. The van der Waals surface area contributed by atoms with E-state index in [-0.39, 0.29) is 5.92 Å². The Kier molecular flexibility index (Phi) is 2.31. The van der Waals surface area contributed by atoms with Gasteiger partial charge in [-0.3, -0.25) is 0 Å². The predicted molar refractivity (Wildman–Crippen MR) is 67.5 cm³/mol. The summed E-state index contributed by atoms with van der Waals surface area (Å²) in [4.78, 5) is 10.5. The Balaban J connectivity index is 1.95. The second-order valence-electron chi connectivity index (χ2n) is 5.34. The maximum absolute atomic E-state index is 10.3. The highest BCUT2D eigenvalue weighted by Gasteiger charge is 2.44. The first-order valence-corrected chi connectivity index (χ1v) is 6.14. The van der Waals surface area contributed by atoms with Crippen molar-refractivity contribution in [3.8, 4) is 0 Å². The van der Waals surface area contributed by atoms with Crippen molar-refractivity contribution in [2.75, 3.05) is 18.0 Å². The number of β-amino-alcohol motifs (C(OH)–C–C–N with tert-alkyl or cyclic N) is 1. The van der Waals surface area contributed by atoms with Crippen LogP contribution in [0.2, 0.25) is 0 Å². The molecule has 2 aromatic rings. The van der Waals surface area contributed by atoms with Crippen LogP contribution in [-0.4, -0.2) is 43.4 Å². The van der Waals surface area contributed by atoms with Crippen LogP contribution in [0.4, 0.5) is 5.82 Å². The fourth-order valence-electron chi connectivity index (χ4n) is 2.28. The van der Waals surface area contributed by atoms with Crippen molar-refractivity contribution in [3.63, 3.8) is 0 Å². The lowest BCUT2D eigenvalue weighted by Gasteiger charge is -2.49. The van der Waals surface area contributed by atoms with Crippen LogP contribution in [0.15, 0.2) is 12.4 Å². The van der Waals surface area contributed by atoms with Crippen LogP contribution >= 0.6 is 0 Å². The maximum atomic E-state index is 10.3. The van der Waals surface area contributed by atoms with E-state index in [0.29, 0.717) is 18.9 Å². The Morgan fingerprint density at radius 1 is 1.39 bits per heavy atom. The lowest BCUT2D eigenvalue weighted by atomic mass is 9.83. The van der Waals surface area contributed by atoms with Gasteiger partial charge in [0.05, 0.1) is 13.1 Å². The summed E-state index contributed by atoms with van der Waals surface area (Å²) in [6, 6.07) is 1.97. The second-order valence-corrected chi connectivity index (χ2v) is 5.34. The van der Waals surface area contributed by atoms with Crippen molar-refractivity contribution in [3.05, 3.63) is 18.1 Å². The van der Waals surface area contributed by atoms with Gasteiger partial charge in [0.15, 0.2) is 0 Å². The van der Waals surface area contributed by atoms with Crippen molar-refractivity contribution in [1.29, 1.82) is 0 Å². The van der Waals surface area contributed by atoms with Crippen LogP contribution in [0, 0.1) is 12.8 Å².